The van der Waals surface area contributed by atoms with Crippen molar-refractivity contribution in [1.29, 1.82) is 0 Å². The molecule has 0 unspecified atom stereocenters. The van der Waals surface area contributed by atoms with Gasteiger partial charge in [0, 0.05) is 29.6 Å². The number of aliphatic hydroxyl groups excluding tert-OH is 4. The number of carbonyl (C=O) groups excluding carboxylic acids is 1. The predicted molar refractivity (Wildman–Crippen MR) is 143 cm³/mol. The number of phenols is 1. The van der Waals surface area contributed by atoms with E-state index in [-0.39, 0.29) is 11.7 Å². The van der Waals surface area contributed by atoms with E-state index in [0.717, 1.165) is 23.4 Å². The van der Waals surface area contributed by atoms with E-state index in [2.05, 4.69) is 6.58 Å². The van der Waals surface area contributed by atoms with Crippen LogP contribution in [0.25, 0.3) is 0 Å². The Balaban J connectivity index is 1.24. The number of phenolic OH excluding ortho intramolecular Hbond substituents is 1. The van der Waals surface area contributed by atoms with Crippen LogP contribution in [-0.2, 0) is 43.0 Å². The number of aromatic nitrogens is 1. The zero-order valence-corrected chi connectivity index (χ0v) is 22.4. The van der Waals surface area contributed by atoms with Gasteiger partial charge in [-0.05, 0) is 49.1 Å². The number of aryl methyl sites for hydroxylation is 2. The van der Waals surface area contributed by atoms with Gasteiger partial charge in [0.25, 0.3) is 0 Å². The molecule has 2 fully saturated rings. The van der Waals surface area contributed by atoms with Crippen molar-refractivity contribution >= 4 is 5.97 Å². The molecule has 2 saturated heterocycles. The van der Waals surface area contributed by atoms with Crippen molar-refractivity contribution < 1.29 is 49.3 Å². The Hall–Kier alpha value is -3.32. The van der Waals surface area contributed by atoms with E-state index < -0.39 is 61.6 Å². The van der Waals surface area contributed by atoms with Gasteiger partial charge in [-0.2, -0.15) is 0 Å². The first-order chi connectivity index (χ1) is 19.8. The van der Waals surface area contributed by atoms with Crippen LogP contribution in [0.1, 0.15) is 23.4 Å². The van der Waals surface area contributed by atoms with Crippen LogP contribution in [0.4, 0.5) is 0 Å². The van der Waals surface area contributed by atoms with Crippen LogP contribution in [0.2, 0.25) is 0 Å². The lowest BCUT2D eigenvalue weighted by atomic mass is 9.78. The third kappa shape index (κ3) is 6.45. The Morgan fingerprint density at radius 2 is 1.76 bits per heavy atom. The largest absolute Gasteiger partial charge is 0.508 e. The molecule has 3 aliphatic rings. The fourth-order valence-electron chi connectivity index (χ4n) is 5.54. The number of hydrogen-bond acceptors (Lipinski definition) is 11. The zero-order chi connectivity index (χ0) is 29.1. The molecule has 0 bridgehead atoms. The summed E-state index contributed by atoms with van der Waals surface area (Å²) in [5, 5.41) is 49.5. The molecule has 0 spiro atoms. The van der Waals surface area contributed by atoms with Crippen LogP contribution in [0.3, 0.4) is 0 Å². The summed E-state index contributed by atoms with van der Waals surface area (Å²) in [6, 6.07) is 12.8. The van der Waals surface area contributed by atoms with Gasteiger partial charge in [-0.3, -0.25) is 4.98 Å². The lowest BCUT2D eigenvalue weighted by molar-refractivity contribution is -0.339. The monoisotopic (exact) mass is 569 g/mol. The zero-order valence-electron chi connectivity index (χ0n) is 22.4. The second-order valence-corrected chi connectivity index (χ2v) is 10.6. The van der Waals surface area contributed by atoms with Gasteiger partial charge in [0.15, 0.2) is 6.29 Å². The number of rotatable bonds is 9. The van der Waals surface area contributed by atoms with Gasteiger partial charge in [-0.25, -0.2) is 4.79 Å². The summed E-state index contributed by atoms with van der Waals surface area (Å²) >= 11 is 0. The van der Waals surface area contributed by atoms with Crippen LogP contribution < -0.4 is 0 Å². The number of carbonyl (C=O) groups is 1. The number of fused-ring (bicyclic) bond motifs is 1. The quantitative estimate of drug-likeness (QED) is 0.215. The average Bonchev–Trinajstić information content (AvgIpc) is 2.97. The second kappa shape index (κ2) is 12.7. The van der Waals surface area contributed by atoms with Crippen molar-refractivity contribution in [3.63, 3.8) is 0 Å². The topological polar surface area (TPSA) is 168 Å². The highest BCUT2D eigenvalue weighted by Gasteiger charge is 2.49. The van der Waals surface area contributed by atoms with Crippen LogP contribution in [0, 0.1) is 11.8 Å². The van der Waals surface area contributed by atoms with Gasteiger partial charge >= 0.3 is 5.97 Å². The molecule has 4 heterocycles. The van der Waals surface area contributed by atoms with Crippen molar-refractivity contribution in [1.82, 2.24) is 4.98 Å². The number of ether oxygens (including phenoxy) is 4. The number of hydrogen-bond donors (Lipinski definition) is 5. The van der Waals surface area contributed by atoms with Gasteiger partial charge in [-0.15, -0.1) is 6.58 Å². The first kappa shape index (κ1) is 29.2. The molecule has 11 nitrogen and oxygen atoms in total. The third-order valence-corrected chi connectivity index (χ3v) is 7.83. The minimum atomic E-state index is -1.60. The number of benzene rings is 1. The number of esters is 1. The summed E-state index contributed by atoms with van der Waals surface area (Å²) in [7, 11) is 0. The molecule has 2 aromatic rings. The van der Waals surface area contributed by atoms with E-state index in [1.54, 1.807) is 18.2 Å². The summed E-state index contributed by atoms with van der Waals surface area (Å²) in [4.78, 5) is 17.7. The third-order valence-electron chi connectivity index (χ3n) is 7.83. The molecule has 0 radical (unpaired) electrons. The van der Waals surface area contributed by atoms with Gasteiger partial charge < -0.3 is 44.5 Å². The summed E-state index contributed by atoms with van der Waals surface area (Å²) in [6.07, 6.45) is -3.49. The molecule has 0 saturated carbocycles. The highest BCUT2D eigenvalue weighted by Crippen LogP contribution is 2.41. The van der Waals surface area contributed by atoms with Crippen LogP contribution in [-0.4, -0.2) is 86.2 Å². The number of pyridine rings is 1. The summed E-state index contributed by atoms with van der Waals surface area (Å²) < 4.78 is 22.7. The van der Waals surface area contributed by atoms with E-state index >= 15 is 0 Å². The number of aliphatic hydroxyl groups is 4. The number of cyclic esters (lactones) is 1. The van der Waals surface area contributed by atoms with E-state index in [1.807, 2.05) is 30.3 Å². The first-order valence-electron chi connectivity index (χ1n) is 13.6. The van der Waals surface area contributed by atoms with Gasteiger partial charge in [0.2, 0.25) is 6.29 Å². The Bertz CT molecular complexity index is 1250. The fourth-order valence-corrected chi connectivity index (χ4v) is 5.54. The molecule has 5 N–H and O–H groups in total. The maximum absolute atomic E-state index is 12.9. The molecule has 11 heteroatoms. The van der Waals surface area contributed by atoms with E-state index in [9.17, 15) is 30.3 Å². The van der Waals surface area contributed by atoms with Crippen LogP contribution in [0.15, 0.2) is 67.0 Å². The summed E-state index contributed by atoms with van der Waals surface area (Å²) in [5.41, 5.74) is 3.12. The minimum Gasteiger partial charge on any atom is -0.508 e. The Morgan fingerprint density at radius 1 is 1.00 bits per heavy atom. The molecule has 220 valence electrons. The van der Waals surface area contributed by atoms with E-state index in [4.69, 9.17) is 23.9 Å². The Kier molecular flexibility index (Phi) is 9.03. The lowest BCUT2D eigenvalue weighted by Crippen LogP contribution is -2.60. The van der Waals surface area contributed by atoms with Crippen molar-refractivity contribution in [2.24, 2.45) is 11.8 Å². The maximum Gasteiger partial charge on any atom is 0.337 e. The van der Waals surface area contributed by atoms with Crippen molar-refractivity contribution in [2.75, 3.05) is 6.61 Å². The Labute approximate surface area is 237 Å². The molecular formula is C30H35NO10. The first-order valence-corrected chi connectivity index (χ1v) is 13.6. The predicted octanol–water partition coefficient (Wildman–Crippen LogP) is 0.905. The highest BCUT2D eigenvalue weighted by atomic mass is 16.8. The normalized spacial score (nSPS) is 33.2. The van der Waals surface area contributed by atoms with Crippen molar-refractivity contribution in [3.05, 3.63) is 83.9 Å². The molecule has 3 aliphatic heterocycles. The van der Waals surface area contributed by atoms with Gasteiger partial charge in [-0.1, -0.05) is 24.3 Å². The van der Waals surface area contributed by atoms with Crippen molar-refractivity contribution in [3.8, 4) is 5.75 Å². The molecule has 0 amide bonds. The molecule has 1 aromatic heterocycles. The molecule has 0 aliphatic carbocycles. The minimum absolute atomic E-state index is 0.226. The summed E-state index contributed by atoms with van der Waals surface area (Å²) in [6.45, 7) is 3.30. The molecular weight excluding hydrogens is 534 g/mol. The maximum atomic E-state index is 12.9. The fraction of sp³-hybridized carbons (Fsp3) is 0.467. The highest BCUT2D eigenvalue weighted by molar-refractivity contribution is 5.90. The number of aromatic hydroxyl groups is 1. The summed E-state index contributed by atoms with van der Waals surface area (Å²) in [5.74, 6) is -1.17. The molecule has 9 atom stereocenters. The standard InChI is InChI=1S/C30H35NO10/c1-2-21-22-13-20(12-18-5-3-4-17(31-18)9-6-16-7-10-19(33)11-8-16)39-28(37)23(22)15-38-29(21)41-30-27(36)26(35)25(34)24(14-32)40-30/h2-5,7-8,10-11,15,20-22,24-27,29-30,32-36H,1,6,9,12-14H2/t20-,21+,22-,24+,25+,26-,27+,29-,30-/m0/s1. The van der Waals surface area contributed by atoms with Crippen LogP contribution in [0.5, 0.6) is 5.75 Å². The van der Waals surface area contributed by atoms with Crippen LogP contribution >= 0.6 is 0 Å². The average molecular weight is 570 g/mol. The second-order valence-electron chi connectivity index (χ2n) is 10.6. The smallest absolute Gasteiger partial charge is 0.337 e. The molecule has 5 rings (SSSR count). The van der Waals surface area contributed by atoms with E-state index in [0.29, 0.717) is 24.8 Å². The van der Waals surface area contributed by atoms with Gasteiger partial charge in [0.05, 0.1) is 18.4 Å². The van der Waals surface area contributed by atoms with E-state index in [1.165, 1.54) is 6.26 Å². The SMILES string of the molecule is C=C[C@H]1[C@H](O[C@@H]2O[C@H](CO)[C@@H](O)[C@H](O)[C@H]2O)OC=C2C(=O)O[C@@H](Cc3cccc(CCc4ccc(O)cc4)n3)C[C@H]21. The molecule has 41 heavy (non-hydrogen) atoms. The lowest BCUT2D eigenvalue weighted by Gasteiger charge is -2.44. The van der Waals surface area contributed by atoms with Gasteiger partial charge in [0.1, 0.15) is 36.3 Å². The van der Waals surface area contributed by atoms with Crippen molar-refractivity contribution in [2.45, 2.75) is 68.8 Å². The molecule has 1 aromatic carbocycles. The Morgan fingerprint density at radius 3 is 2.49 bits per heavy atom. The number of nitrogens with zero attached hydrogens (tertiary/aromatic N) is 1.